The van der Waals surface area contributed by atoms with Crippen LogP contribution < -0.4 is 19.9 Å². The smallest absolute Gasteiger partial charge is 0.306 e. The van der Waals surface area contributed by atoms with Crippen molar-refractivity contribution < 1.29 is 37.0 Å². The lowest BCUT2D eigenvalue weighted by Gasteiger charge is -2.18. The predicted molar refractivity (Wildman–Crippen MR) is 153 cm³/mol. The lowest BCUT2D eigenvalue weighted by atomic mass is 9.90. The van der Waals surface area contributed by atoms with E-state index >= 15 is 0 Å². The second kappa shape index (κ2) is 11.6. The van der Waals surface area contributed by atoms with Crippen molar-refractivity contribution in [1.82, 2.24) is 9.29 Å². The highest BCUT2D eigenvalue weighted by Crippen LogP contribution is 2.39. The number of nitrogens with one attached hydrogen (secondary N) is 1. The molecule has 42 heavy (non-hydrogen) atoms. The zero-order chi connectivity index (χ0) is 30.0. The summed E-state index contributed by atoms with van der Waals surface area (Å²) in [7, 11) is -2.51. The molecule has 3 aromatic carbocycles. The summed E-state index contributed by atoms with van der Waals surface area (Å²) in [4.78, 5) is 37.2. The first-order valence-corrected chi connectivity index (χ1v) is 14.6. The lowest BCUT2D eigenvalue weighted by Crippen LogP contribution is -2.35. The number of rotatable bonds is 10. The molecule has 0 fully saturated rings. The summed E-state index contributed by atoms with van der Waals surface area (Å²) in [5.41, 5.74) is 8.15. The minimum Gasteiger partial charge on any atom is -0.466 e. The first-order valence-electron chi connectivity index (χ1n) is 13.2. The molecule has 12 heteroatoms. The first-order chi connectivity index (χ1) is 20.1. The molecule has 2 amide bonds. The number of sulfonamides is 1. The standard InChI is InChI=1S/C30H29N3O8S/c1-3-39-27(34)13-6-18-4-9-21(10-5-18)42(37,38)32-30(36)28(19-8-12-25-26(15-19)41-17-40-25)23-16-33(2)24-14-20(29(31)35)7-11-22(23)24/h4-5,7-12,14-16,28H,3,6,13,17H2,1-2H3,(H2,31,35)(H,32,36). The molecule has 0 saturated carbocycles. The molecule has 1 aromatic heterocycles. The number of aromatic nitrogens is 1. The van der Waals surface area contributed by atoms with Crippen LogP contribution in [0.25, 0.3) is 10.9 Å². The highest BCUT2D eigenvalue weighted by Gasteiger charge is 2.31. The van der Waals surface area contributed by atoms with E-state index in [1.807, 2.05) is 0 Å². The fourth-order valence-electron chi connectivity index (χ4n) is 4.93. The largest absolute Gasteiger partial charge is 0.466 e. The number of fused-ring (bicyclic) bond motifs is 2. The molecule has 0 saturated heterocycles. The van der Waals surface area contributed by atoms with Crippen LogP contribution >= 0.6 is 0 Å². The van der Waals surface area contributed by atoms with Gasteiger partial charge in [-0.05, 0) is 66.4 Å². The first kappa shape index (κ1) is 28.7. The van der Waals surface area contributed by atoms with Crippen LogP contribution in [0.15, 0.2) is 71.8 Å². The van der Waals surface area contributed by atoms with Crippen LogP contribution in [0.5, 0.6) is 11.5 Å². The third-order valence-corrected chi connectivity index (χ3v) is 8.36. The number of esters is 1. The van der Waals surface area contributed by atoms with Gasteiger partial charge in [0.05, 0.1) is 17.4 Å². The van der Waals surface area contributed by atoms with E-state index in [0.717, 1.165) is 5.56 Å². The average Bonchev–Trinajstić information content (AvgIpc) is 3.56. The summed E-state index contributed by atoms with van der Waals surface area (Å²) in [6.07, 6.45) is 2.27. The van der Waals surface area contributed by atoms with E-state index in [1.165, 1.54) is 12.1 Å². The van der Waals surface area contributed by atoms with Crippen molar-refractivity contribution in [3.63, 3.8) is 0 Å². The van der Waals surface area contributed by atoms with E-state index in [1.54, 1.807) is 73.3 Å². The van der Waals surface area contributed by atoms with Gasteiger partial charge in [-0.3, -0.25) is 14.4 Å². The molecule has 1 aliphatic rings. The fourth-order valence-corrected chi connectivity index (χ4v) is 5.92. The van der Waals surface area contributed by atoms with Crippen LogP contribution in [-0.4, -0.2) is 44.2 Å². The van der Waals surface area contributed by atoms with E-state index in [4.69, 9.17) is 19.9 Å². The van der Waals surface area contributed by atoms with Crippen LogP contribution in [0.2, 0.25) is 0 Å². The van der Waals surface area contributed by atoms with Crippen molar-refractivity contribution in [3.05, 3.63) is 89.1 Å². The Morgan fingerprint density at radius 3 is 2.48 bits per heavy atom. The number of primary amides is 1. The van der Waals surface area contributed by atoms with Crippen molar-refractivity contribution in [1.29, 1.82) is 0 Å². The molecular formula is C30H29N3O8S. The molecule has 218 valence electrons. The molecule has 4 aromatic rings. The van der Waals surface area contributed by atoms with Crippen molar-refractivity contribution in [2.24, 2.45) is 12.8 Å². The van der Waals surface area contributed by atoms with E-state index in [9.17, 15) is 22.8 Å². The lowest BCUT2D eigenvalue weighted by molar-refractivity contribution is -0.143. The molecule has 0 aliphatic carbocycles. The molecule has 0 spiro atoms. The van der Waals surface area contributed by atoms with E-state index in [0.29, 0.717) is 45.5 Å². The number of carbonyl (C=O) groups excluding carboxylic acids is 3. The van der Waals surface area contributed by atoms with E-state index in [2.05, 4.69) is 4.72 Å². The van der Waals surface area contributed by atoms with Gasteiger partial charge in [-0.25, -0.2) is 13.1 Å². The Labute approximate surface area is 242 Å². The quantitative estimate of drug-likeness (QED) is 0.267. The highest BCUT2D eigenvalue weighted by atomic mass is 32.2. The van der Waals surface area contributed by atoms with Crippen molar-refractivity contribution >= 4 is 38.7 Å². The van der Waals surface area contributed by atoms with Gasteiger partial charge < -0.3 is 24.5 Å². The normalized spacial score (nSPS) is 13.1. The fraction of sp³-hybridized carbons (Fsp3) is 0.233. The van der Waals surface area contributed by atoms with Gasteiger partial charge in [0.25, 0.3) is 10.0 Å². The topological polar surface area (TPSA) is 156 Å². The molecule has 1 aliphatic heterocycles. The zero-order valence-electron chi connectivity index (χ0n) is 23.0. The minimum absolute atomic E-state index is 0.0317. The van der Waals surface area contributed by atoms with Crippen molar-refractivity contribution in [2.45, 2.75) is 30.6 Å². The second-order valence-electron chi connectivity index (χ2n) is 9.76. The highest BCUT2D eigenvalue weighted by molar-refractivity contribution is 7.90. The Hall–Kier alpha value is -4.84. The molecule has 1 unspecified atom stereocenters. The Morgan fingerprint density at radius 1 is 1.02 bits per heavy atom. The predicted octanol–water partition coefficient (Wildman–Crippen LogP) is 3.14. The maximum Gasteiger partial charge on any atom is 0.306 e. The Balaban J connectivity index is 1.48. The molecule has 5 rings (SSSR count). The molecule has 3 N–H and O–H groups in total. The van der Waals surface area contributed by atoms with Crippen LogP contribution in [0.4, 0.5) is 0 Å². The van der Waals surface area contributed by atoms with Gasteiger partial charge in [0.2, 0.25) is 18.6 Å². The van der Waals surface area contributed by atoms with Crippen molar-refractivity contribution in [3.8, 4) is 11.5 Å². The number of nitrogens with two attached hydrogens (primary N) is 1. The molecule has 0 bridgehead atoms. The molecule has 11 nitrogen and oxygen atoms in total. The van der Waals surface area contributed by atoms with Crippen LogP contribution in [-0.2, 0) is 37.8 Å². The minimum atomic E-state index is -4.27. The number of amides is 2. The Morgan fingerprint density at radius 2 is 1.76 bits per heavy atom. The van der Waals surface area contributed by atoms with Crippen molar-refractivity contribution in [2.75, 3.05) is 13.4 Å². The van der Waals surface area contributed by atoms with Gasteiger partial charge in [-0.1, -0.05) is 24.3 Å². The zero-order valence-corrected chi connectivity index (χ0v) is 23.8. The van der Waals surface area contributed by atoms with Gasteiger partial charge in [-0.15, -0.1) is 0 Å². The number of carbonyl (C=O) groups is 3. The molecule has 1 atom stereocenters. The molecule has 0 radical (unpaired) electrons. The maximum atomic E-state index is 13.9. The molecular weight excluding hydrogens is 562 g/mol. The number of nitrogens with zero attached hydrogens (tertiary/aromatic N) is 1. The van der Waals surface area contributed by atoms with E-state index < -0.39 is 27.8 Å². The second-order valence-corrected chi connectivity index (χ2v) is 11.4. The number of hydrogen-bond donors (Lipinski definition) is 2. The van der Waals surface area contributed by atoms with E-state index in [-0.39, 0.29) is 30.7 Å². The van der Waals surface area contributed by atoms with Gasteiger partial charge in [0.15, 0.2) is 11.5 Å². The Kier molecular flexibility index (Phi) is 7.90. The maximum absolute atomic E-state index is 13.9. The van der Waals surface area contributed by atoms with Gasteiger partial charge in [0, 0.05) is 36.1 Å². The summed E-state index contributed by atoms with van der Waals surface area (Å²) in [5, 5.41) is 0.642. The molecule has 2 heterocycles. The van der Waals surface area contributed by atoms with Gasteiger partial charge >= 0.3 is 5.97 Å². The number of benzene rings is 3. The number of ether oxygens (including phenoxy) is 3. The number of aryl methyl sites for hydroxylation is 2. The summed E-state index contributed by atoms with van der Waals surface area (Å²) in [6, 6.07) is 15.8. The van der Waals surface area contributed by atoms with Crippen LogP contribution in [0, 0.1) is 0 Å². The number of hydrogen-bond acceptors (Lipinski definition) is 8. The van der Waals surface area contributed by atoms with Crippen LogP contribution in [0.3, 0.4) is 0 Å². The SMILES string of the molecule is CCOC(=O)CCc1ccc(S(=O)(=O)NC(=O)C(c2ccc3c(c2)OCO3)c2cn(C)c3cc(C(N)=O)ccc23)cc1. The van der Waals surface area contributed by atoms with Gasteiger partial charge in [0.1, 0.15) is 0 Å². The summed E-state index contributed by atoms with van der Waals surface area (Å²) in [6.45, 7) is 2.04. The average molecular weight is 592 g/mol. The van der Waals surface area contributed by atoms with Crippen LogP contribution in [0.1, 0.15) is 46.3 Å². The Bertz CT molecular complexity index is 1800. The third-order valence-electron chi connectivity index (χ3n) is 7.00. The summed E-state index contributed by atoms with van der Waals surface area (Å²) >= 11 is 0. The monoisotopic (exact) mass is 591 g/mol. The third kappa shape index (κ3) is 5.79. The summed E-state index contributed by atoms with van der Waals surface area (Å²) < 4.78 is 46.5. The summed E-state index contributed by atoms with van der Waals surface area (Å²) in [5.74, 6) is -1.84. The van der Waals surface area contributed by atoms with Gasteiger partial charge in [-0.2, -0.15) is 0 Å².